The van der Waals surface area contributed by atoms with Crippen molar-refractivity contribution in [1.82, 2.24) is 0 Å². The molecule has 1 heterocycles. The molecule has 0 fully saturated rings. The van der Waals surface area contributed by atoms with Gasteiger partial charge in [0.25, 0.3) is 0 Å². The lowest BCUT2D eigenvalue weighted by Gasteiger charge is -2.13. The molecule has 0 aliphatic carbocycles. The number of rotatable bonds is 5. The molecule has 0 bridgehead atoms. The SMILES string of the molecule is COc1ccc(-c2coc3ccccc3c2=O)c(OCc2ccccc2)c1. The minimum Gasteiger partial charge on any atom is -0.497 e. The van der Waals surface area contributed by atoms with Crippen molar-refractivity contribution in [1.29, 1.82) is 0 Å². The van der Waals surface area contributed by atoms with Crippen LogP contribution < -0.4 is 14.9 Å². The van der Waals surface area contributed by atoms with Crippen LogP contribution in [0.4, 0.5) is 0 Å². The first kappa shape index (κ1) is 16.9. The molecule has 0 aliphatic rings. The molecular formula is C23H18O4. The lowest BCUT2D eigenvalue weighted by Crippen LogP contribution is -2.06. The van der Waals surface area contributed by atoms with Crippen LogP contribution in [0.1, 0.15) is 5.56 Å². The van der Waals surface area contributed by atoms with Crippen LogP contribution in [0.2, 0.25) is 0 Å². The Bertz CT molecular complexity index is 1130. The zero-order valence-corrected chi connectivity index (χ0v) is 14.8. The van der Waals surface area contributed by atoms with Gasteiger partial charge in [0.05, 0.1) is 18.1 Å². The fourth-order valence-corrected chi connectivity index (χ4v) is 2.97. The molecule has 0 radical (unpaired) electrons. The number of benzene rings is 3. The van der Waals surface area contributed by atoms with Gasteiger partial charge in [0.2, 0.25) is 5.43 Å². The highest BCUT2D eigenvalue weighted by Crippen LogP contribution is 2.33. The smallest absolute Gasteiger partial charge is 0.200 e. The molecule has 4 nitrogen and oxygen atoms in total. The molecule has 1 aromatic heterocycles. The largest absolute Gasteiger partial charge is 0.497 e. The van der Waals surface area contributed by atoms with Gasteiger partial charge < -0.3 is 13.9 Å². The van der Waals surface area contributed by atoms with Gasteiger partial charge in [-0.3, -0.25) is 4.79 Å². The lowest BCUT2D eigenvalue weighted by atomic mass is 10.0. The molecule has 4 heteroatoms. The molecule has 0 saturated carbocycles. The molecule has 0 saturated heterocycles. The molecule has 4 rings (SSSR count). The fraction of sp³-hybridized carbons (Fsp3) is 0.0870. The van der Waals surface area contributed by atoms with E-state index in [0.717, 1.165) is 5.56 Å². The van der Waals surface area contributed by atoms with Gasteiger partial charge in [-0.15, -0.1) is 0 Å². The second-order valence-corrected chi connectivity index (χ2v) is 6.11. The monoisotopic (exact) mass is 358 g/mol. The summed E-state index contributed by atoms with van der Waals surface area (Å²) in [5, 5.41) is 0.542. The summed E-state index contributed by atoms with van der Waals surface area (Å²) in [6.45, 7) is 0.389. The van der Waals surface area contributed by atoms with Crippen molar-refractivity contribution in [3.63, 3.8) is 0 Å². The van der Waals surface area contributed by atoms with E-state index in [0.29, 0.717) is 40.2 Å². The summed E-state index contributed by atoms with van der Waals surface area (Å²) in [4.78, 5) is 13.0. The van der Waals surface area contributed by atoms with E-state index in [9.17, 15) is 4.79 Å². The van der Waals surface area contributed by atoms with Crippen LogP contribution in [-0.4, -0.2) is 7.11 Å². The predicted octanol–water partition coefficient (Wildman–Crippen LogP) is 5.05. The predicted molar refractivity (Wildman–Crippen MR) is 105 cm³/mol. The summed E-state index contributed by atoms with van der Waals surface area (Å²) in [6, 6.07) is 22.5. The van der Waals surface area contributed by atoms with Crippen LogP contribution in [0.15, 0.2) is 88.3 Å². The van der Waals surface area contributed by atoms with E-state index >= 15 is 0 Å². The van der Waals surface area contributed by atoms with E-state index in [1.165, 1.54) is 6.26 Å². The third-order valence-corrected chi connectivity index (χ3v) is 4.40. The molecule has 0 amide bonds. The van der Waals surface area contributed by atoms with E-state index < -0.39 is 0 Å². The molecule has 134 valence electrons. The molecule has 4 aromatic rings. The maximum atomic E-state index is 13.0. The van der Waals surface area contributed by atoms with Crippen molar-refractivity contribution in [3.05, 3.63) is 94.8 Å². The number of para-hydroxylation sites is 1. The Morgan fingerprint density at radius 2 is 1.67 bits per heavy atom. The van der Waals surface area contributed by atoms with Crippen LogP contribution in [-0.2, 0) is 6.61 Å². The van der Waals surface area contributed by atoms with E-state index in [-0.39, 0.29) is 5.43 Å². The highest BCUT2D eigenvalue weighted by atomic mass is 16.5. The Labute approximate surface area is 156 Å². The highest BCUT2D eigenvalue weighted by molar-refractivity contribution is 5.83. The van der Waals surface area contributed by atoms with Crippen molar-refractivity contribution in [2.75, 3.05) is 7.11 Å². The first-order valence-electron chi connectivity index (χ1n) is 8.62. The topological polar surface area (TPSA) is 48.7 Å². The number of fused-ring (bicyclic) bond motifs is 1. The van der Waals surface area contributed by atoms with Crippen LogP contribution in [0.25, 0.3) is 22.1 Å². The Hall–Kier alpha value is -3.53. The van der Waals surface area contributed by atoms with Crippen LogP contribution in [0.3, 0.4) is 0 Å². The average Bonchev–Trinajstić information content (AvgIpc) is 2.73. The normalized spacial score (nSPS) is 10.7. The maximum absolute atomic E-state index is 13.0. The molecule has 3 aromatic carbocycles. The van der Waals surface area contributed by atoms with E-state index in [1.54, 1.807) is 31.4 Å². The molecule has 0 aliphatic heterocycles. The summed E-state index contributed by atoms with van der Waals surface area (Å²) in [5.74, 6) is 1.23. The van der Waals surface area contributed by atoms with Crippen LogP contribution in [0.5, 0.6) is 11.5 Å². The third kappa shape index (κ3) is 3.42. The van der Waals surface area contributed by atoms with Crippen molar-refractivity contribution in [2.24, 2.45) is 0 Å². The minimum atomic E-state index is -0.0911. The second-order valence-electron chi connectivity index (χ2n) is 6.11. The first-order valence-corrected chi connectivity index (χ1v) is 8.62. The molecular weight excluding hydrogens is 340 g/mol. The third-order valence-electron chi connectivity index (χ3n) is 4.40. The number of hydrogen-bond acceptors (Lipinski definition) is 4. The number of methoxy groups -OCH3 is 1. The Balaban J connectivity index is 1.78. The van der Waals surface area contributed by atoms with E-state index in [4.69, 9.17) is 13.9 Å². The number of ether oxygens (including phenoxy) is 2. The van der Waals surface area contributed by atoms with Gasteiger partial charge in [0.1, 0.15) is 30.0 Å². The van der Waals surface area contributed by atoms with E-state index in [1.807, 2.05) is 48.5 Å². The fourth-order valence-electron chi connectivity index (χ4n) is 2.97. The summed E-state index contributed by atoms with van der Waals surface area (Å²) < 4.78 is 17.0. The second kappa shape index (κ2) is 7.38. The molecule has 0 atom stereocenters. The van der Waals surface area contributed by atoms with Crippen molar-refractivity contribution in [3.8, 4) is 22.6 Å². The van der Waals surface area contributed by atoms with Gasteiger partial charge >= 0.3 is 0 Å². The standard InChI is InChI=1S/C23H18O4/c1-25-17-11-12-18(22(13-17)26-14-16-7-3-2-4-8-16)20-15-27-21-10-6-5-9-19(21)23(20)24/h2-13,15H,14H2,1H3. The van der Waals surface area contributed by atoms with Gasteiger partial charge in [-0.05, 0) is 29.8 Å². The van der Waals surface area contributed by atoms with Gasteiger partial charge in [-0.1, -0.05) is 42.5 Å². The van der Waals surface area contributed by atoms with E-state index in [2.05, 4.69) is 0 Å². The van der Waals surface area contributed by atoms with Crippen molar-refractivity contribution >= 4 is 11.0 Å². The van der Waals surface area contributed by atoms with Gasteiger partial charge in [0.15, 0.2) is 0 Å². The van der Waals surface area contributed by atoms with Crippen LogP contribution in [0, 0.1) is 0 Å². The Morgan fingerprint density at radius 1 is 0.889 bits per heavy atom. The van der Waals surface area contributed by atoms with Gasteiger partial charge in [-0.25, -0.2) is 0 Å². The van der Waals surface area contributed by atoms with Crippen LogP contribution >= 0.6 is 0 Å². The Kier molecular flexibility index (Phi) is 4.62. The first-order chi connectivity index (χ1) is 13.3. The quantitative estimate of drug-likeness (QED) is 0.501. The molecule has 27 heavy (non-hydrogen) atoms. The lowest BCUT2D eigenvalue weighted by molar-refractivity contribution is 0.305. The van der Waals surface area contributed by atoms with Crippen molar-refractivity contribution < 1.29 is 13.9 Å². The Morgan fingerprint density at radius 3 is 2.48 bits per heavy atom. The molecule has 0 spiro atoms. The van der Waals surface area contributed by atoms with Gasteiger partial charge in [0, 0.05) is 11.6 Å². The summed E-state index contributed by atoms with van der Waals surface area (Å²) in [5.41, 5.74) is 2.64. The summed E-state index contributed by atoms with van der Waals surface area (Å²) in [7, 11) is 1.60. The molecule has 0 N–H and O–H groups in total. The summed E-state index contributed by atoms with van der Waals surface area (Å²) >= 11 is 0. The average molecular weight is 358 g/mol. The zero-order chi connectivity index (χ0) is 18.6. The van der Waals surface area contributed by atoms with Crippen molar-refractivity contribution in [2.45, 2.75) is 6.61 Å². The summed E-state index contributed by atoms with van der Waals surface area (Å²) in [6.07, 6.45) is 1.49. The van der Waals surface area contributed by atoms with Gasteiger partial charge in [-0.2, -0.15) is 0 Å². The molecule has 0 unspecified atom stereocenters. The minimum absolute atomic E-state index is 0.0911. The number of hydrogen-bond donors (Lipinski definition) is 0. The zero-order valence-electron chi connectivity index (χ0n) is 14.8. The maximum Gasteiger partial charge on any atom is 0.200 e. The highest BCUT2D eigenvalue weighted by Gasteiger charge is 2.14.